The number of hydrogen-bond donors (Lipinski definition) is 1. The molecule has 4 nitrogen and oxygen atoms in total. The predicted octanol–water partition coefficient (Wildman–Crippen LogP) is 5.30. The molecule has 3 aromatic rings. The van der Waals surface area contributed by atoms with Crippen LogP contribution in [0.3, 0.4) is 0 Å². The summed E-state index contributed by atoms with van der Waals surface area (Å²) in [6.45, 7) is 1.95. The van der Waals surface area contributed by atoms with Gasteiger partial charge in [-0.2, -0.15) is 5.10 Å². The van der Waals surface area contributed by atoms with Gasteiger partial charge < -0.3 is 5.32 Å². The molecule has 138 valence electrons. The van der Waals surface area contributed by atoms with E-state index in [0.717, 1.165) is 17.1 Å². The van der Waals surface area contributed by atoms with Crippen molar-refractivity contribution in [1.82, 2.24) is 9.78 Å². The number of rotatable bonds is 4. The van der Waals surface area contributed by atoms with Gasteiger partial charge in [0.15, 0.2) is 5.69 Å². The van der Waals surface area contributed by atoms with Crippen LogP contribution in [0.2, 0.25) is 0 Å². The summed E-state index contributed by atoms with van der Waals surface area (Å²) in [6, 6.07) is 19.8. The molecular formula is C21H21N3OS2. The molecule has 1 N–H and O–H groups in total. The molecule has 2 heterocycles. The molecule has 0 spiro atoms. The van der Waals surface area contributed by atoms with E-state index in [4.69, 9.17) is 0 Å². The molecule has 0 radical (unpaired) electrons. The first-order valence-corrected chi connectivity index (χ1v) is 11.1. The smallest absolute Gasteiger partial charge is 0.276 e. The molecule has 1 aliphatic heterocycles. The van der Waals surface area contributed by atoms with Crippen molar-refractivity contribution >= 4 is 35.1 Å². The van der Waals surface area contributed by atoms with Gasteiger partial charge in [-0.1, -0.05) is 30.3 Å². The van der Waals surface area contributed by atoms with E-state index in [1.165, 1.54) is 23.5 Å². The van der Waals surface area contributed by atoms with Crippen LogP contribution in [-0.2, 0) is 0 Å². The summed E-state index contributed by atoms with van der Waals surface area (Å²) < 4.78 is 2.25. The van der Waals surface area contributed by atoms with E-state index in [2.05, 4.69) is 22.5 Å². The quantitative estimate of drug-likeness (QED) is 0.651. The molecule has 0 aliphatic carbocycles. The predicted molar refractivity (Wildman–Crippen MR) is 115 cm³/mol. The standard InChI is InChI=1S/C21H21N3OS2/c1-15-13-19(23-24(15)18-9-3-2-4-10-18)20(25)22-17-8-5-7-16(14-17)21-26-11-6-12-27-21/h2-5,7-10,13-14,21H,6,11-12H2,1H3,(H,22,25). The second-order valence-electron chi connectivity index (χ2n) is 6.42. The van der Waals surface area contributed by atoms with E-state index in [1.54, 1.807) is 4.68 Å². The third kappa shape index (κ3) is 4.22. The third-order valence-corrected chi connectivity index (χ3v) is 7.38. The molecule has 0 unspecified atom stereocenters. The first-order chi connectivity index (χ1) is 13.2. The summed E-state index contributed by atoms with van der Waals surface area (Å²) in [5.41, 5.74) is 4.37. The summed E-state index contributed by atoms with van der Waals surface area (Å²) in [7, 11) is 0. The van der Waals surface area contributed by atoms with Crippen molar-refractivity contribution in [1.29, 1.82) is 0 Å². The maximum absolute atomic E-state index is 12.7. The van der Waals surface area contributed by atoms with Crippen molar-refractivity contribution in [3.05, 3.63) is 77.6 Å². The van der Waals surface area contributed by atoms with Crippen molar-refractivity contribution in [2.24, 2.45) is 0 Å². The molecule has 1 saturated heterocycles. The number of aromatic nitrogens is 2. The van der Waals surface area contributed by atoms with E-state index in [-0.39, 0.29) is 5.91 Å². The zero-order valence-electron chi connectivity index (χ0n) is 15.1. The maximum atomic E-state index is 12.7. The third-order valence-electron chi connectivity index (χ3n) is 4.36. The fourth-order valence-corrected chi connectivity index (χ4v) is 5.93. The van der Waals surface area contributed by atoms with Crippen molar-refractivity contribution in [3.63, 3.8) is 0 Å². The topological polar surface area (TPSA) is 46.9 Å². The average molecular weight is 396 g/mol. The Morgan fingerprint density at radius 2 is 1.85 bits per heavy atom. The lowest BCUT2D eigenvalue weighted by molar-refractivity contribution is 0.102. The molecule has 1 aromatic heterocycles. The minimum absolute atomic E-state index is 0.186. The summed E-state index contributed by atoms with van der Waals surface area (Å²) >= 11 is 3.96. The lowest BCUT2D eigenvalue weighted by Crippen LogP contribution is -2.13. The number of amides is 1. The summed E-state index contributed by atoms with van der Waals surface area (Å²) in [5.74, 6) is 2.21. The number of carbonyl (C=O) groups excluding carboxylic acids is 1. The molecule has 0 saturated carbocycles. The Balaban J connectivity index is 1.51. The molecule has 1 fully saturated rings. The molecular weight excluding hydrogens is 374 g/mol. The zero-order chi connectivity index (χ0) is 18.6. The number of thioether (sulfide) groups is 2. The van der Waals surface area contributed by atoms with E-state index < -0.39 is 0 Å². The van der Waals surface area contributed by atoms with Crippen LogP contribution in [0.5, 0.6) is 0 Å². The highest BCUT2D eigenvalue weighted by Gasteiger charge is 2.18. The molecule has 0 bridgehead atoms. The number of nitrogens with one attached hydrogen (secondary N) is 1. The molecule has 1 aliphatic rings. The fourth-order valence-electron chi connectivity index (χ4n) is 3.05. The number of para-hydroxylation sites is 1. The summed E-state index contributed by atoms with van der Waals surface area (Å²) in [5, 5.41) is 7.48. The van der Waals surface area contributed by atoms with Crippen molar-refractivity contribution in [2.45, 2.75) is 17.9 Å². The minimum Gasteiger partial charge on any atom is -0.321 e. The normalized spacial score (nSPS) is 14.9. The lowest BCUT2D eigenvalue weighted by atomic mass is 10.2. The number of anilines is 1. The maximum Gasteiger partial charge on any atom is 0.276 e. The van der Waals surface area contributed by atoms with Gasteiger partial charge in [-0.05, 0) is 60.7 Å². The van der Waals surface area contributed by atoms with Crippen LogP contribution in [0.25, 0.3) is 5.69 Å². The van der Waals surface area contributed by atoms with E-state index in [1.807, 2.05) is 79.0 Å². The Bertz CT molecular complexity index is 934. The van der Waals surface area contributed by atoms with Crippen molar-refractivity contribution in [3.8, 4) is 5.69 Å². The van der Waals surface area contributed by atoms with Crippen molar-refractivity contribution < 1.29 is 4.79 Å². The Morgan fingerprint density at radius 1 is 1.07 bits per heavy atom. The Labute approximate surface area is 167 Å². The molecule has 0 atom stereocenters. The number of nitrogens with zero attached hydrogens (tertiary/aromatic N) is 2. The second kappa shape index (κ2) is 8.23. The monoisotopic (exact) mass is 395 g/mol. The number of benzene rings is 2. The molecule has 6 heteroatoms. The van der Waals surface area contributed by atoms with Gasteiger partial charge in [0.1, 0.15) is 0 Å². The van der Waals surface area contributed by atoms with Gasteiger partial charge in [0, 0.05) is 11.4 Å². The Hall–Kier alpha value is -2.18. The van der Waals surface area contributed by atoms with Gasteiger partial charge in [-0.3, -0.25) is 4.79 Å². The fraction of sp³-hybridized carbons (Fsp3) is 0.238. The van der Waals surface area contributed by atoms with Crippen LogP contribution in [0.4, 0.5) is 5.69 Å². The SMILES string of the molecule is Cc1cc(C(=O)Nc2cccc(C3SCCCS3)c2)nn1-c1ccccc1. The Kier molecular flexibility index (Phi) is 5.55. The first-order valence-electron chi connectivity index (χ1n) is 8.97. The molecule has 27 heavy (non-hydrogen) atoms. The van der Waals surface area contributed by atoms with Gasteiger partial charge in [0.05, 0.1) is 10.3 Å². The number of aryl methyl sites for hydroxylation is 1. The number of hydrogen-bond acceptors (Lipinski definition) is 4. The second-order valence-corrected chi connectivity index (χ2v) is 9.15. The van der Waals surface area contributed by atoms with Gasteiger partial charge in [0.2, 0.25) is 0 Å². The largest absolute Gasteiger partial charge is 0.321 e. The minimum atomic E-state index is -0.186. The van der Waals surface area contributed by atoms with E-state index >= 15 is 0 Å². The molecule has 1 amide bonds. The lowest BCUT2D eigenvalue weighted by Gasteiger charge is -2.21. The van der Waals surface area contributed by atoms with E-state index in [9.17, 15) is 4.79 Å². The van der Waals surface area contributed by atoms with Crippen LogP contribution in [0, 0.1) is 6.92 Å². The Morgan fingerprint density at radius 3 is 2.63 bits per heavy atom. The first kappa shape index (κ1) is 18.2. The van der Waals surface area contributed by atoms with Gasteiger partial charge in [0.25, 0.3) is 5.91 Å². The highest BCUT2D eigenvalue weighted by molar-refractivity contribution is 8.16. The summed E-state index contributed by atoms with van der Waals surface area (Å²) in [4.78, 5) is 12.7. The van der Waals surface area contributed by atoms with Crippen LogP contribution < -0.4 is 5.32 Å². The average Bonchev–Trinajstić information content (AvgIpc) is 3.11. The highest BCUT2D eigenvalue weighted by atomic mass is 32.2. The van der Waals surface area contributed by atoms with Gasteiger partial charge >= 0.3 is 0 Å². The molecule has 4 rings (SSSR count). The summed E-state index contributed by atoms with van der Waals surface area (Å²) in [6.07, 6.45) is 1.27. The van der Waals surface area contributed by atoms with Crippen LogP contribution in [0.1, 0.15) is 32.7 Å². The van der Waals surface area contributed by atoms with Gasteiger partial charge in [-0.15, -0.1) is 23.5 Å². The van der Waals surface area contributed by atoms with Gasteiger partial charge in [-0.25, -0.2) is 4.68 Å². The van der Waals surface area contributed by atoms with E-state index in [0.29, 0.717) is 10.3 Å². The zero-order valence-corrected chi connectivity index (χ0v) is 16.7. The highest BCUT2D eigenvalue weighted by Crippen LogP contribution is 2.44. The van der Waals surface area contributed by atoms with Crippen molar-refractivity contribution in [2.75, 3.05) is 16.8 Å². The van der Waals surface area contributed by atoms with Crippen LogP contribution in [0.15, 0.2) is 60.7 Å². The van der Waals surface area contributed by atoms with Crippen LogP contribution in [-0.4, -0.2) is 27.2 Å². The molecule has 2 aromatic carbocycles. The van der Waals surface area contributed by atoms with Crippen LogP contribution >= 0.6 is 23.5 Å². The number of carbonyl (C=O) groups is 1.